The van der Waals surface area contributed by atoms with Gasteiger partial charge in [0.05, 0.1) is 4.47 Å². The number of halogens is 2. The number of carbonyl (C=O) groups excluding carboxylic acids is 1. The highest BCUT2D eigenvalue weighted by Crippen LogP contribution is 2.52. The van der Waals surface area contributed by atoms with Crippen LogP contribution in [-0.4, -0.2) is 23.4 Å². The summed E-state index contributed by atoms with van der Waals surface area (Å²) in [6.07, 6.45) is 3.36. The Labute approximate surface area is 159 Å². The lowest BCUT2D eigenvalue weighted by Crippen LogP contribution is -2.37. The number of carbonyl (C=O) groups is 1. The van der Waals surface area contributed by atoms with Crippen molar-refractivity contribution in [2.24, 2.45) is 10.8 Å². The van der Waals surface area contributed by atoms with Gasteiger partial charge in [-0.2, -0.15) is 0 Å². The van der Waals surface area contributed by atoms with E-state index in [1.54, 1.807) is 0 Å². The highest BCUT2D eigenvalue weighted by molar-refractivity contribution is 9.11. The van der Waals surface area contributed by atoms with Crippen molar-refractivity contribution in [3.05, 3.63) is 32.9 Å². The van der Waals surface area contributed by atoms with Crippen LogP contribution in [0.2, 0.25) is 0 Å². The Bertz CT molecular complexity index is 841. The average molecular weight is 455 g/mol. The molecule has 1 saturated carbocycles. The van der Waals surface area contributed by atoms with Gasteiger partial charge in [0.2, 0.25) is 0 Å². The van der Waals surface area contributed by atoms with Gasteiger partial charge in [-0.1, -0.05) is 36.7 Å². The third kappa shape index (κ3) is 2.74. The zero-order valence-electron chi connectivity index (χ0n) is 14.2. The fourth-order valence-corrected chi connectivity index (χ4v) is 6.36. The SMILES string of the molecule is CC1(C)C[C@H]2C[C@@](C)(CN2C(=O)c2cc3cc(Br)cc(Br)c3o2)C1. The number of benzene rings is 1. The molecule has 1 aliphatic heterocycles. The molecule has 1 aromatic carbocycles. The predicted octanol–water partition coefficient (Wildman–Crippen LogP) is 6.00. The van der Waals surface area contributed by atoms with E-state index in [-0.39, 0.29) is 11.3 Å². The van der Waals surface area contributed by atoms with Crippen LogP contribution in [0.1, 0.15) is 50.6 Å². The number of fused-ring (bicyclic) bond motifs is 3. The number of rotatable bonds is 1. The first kappa shape index (κ1) is 16.6. The lowest BCUT2D eigenvalue weighted by molar-refractivity contribution is 0.0679. The minimum absolute atomic E-state index is 0.0284. The van der Waals surface area contributed by atoms with Crippen LogP contribution in [0.5, 0.6) is 0 Å². The quantitative estimate of drug-likeness (QED) is 0.529. The molecule has 1 amide bonds. The van der Waals surface area contributed by atoms with Crippen molar-refractivity contribution in [2.75, 3.05) is 6.54 Å². The van der Waals surface area contributed by atoms with E-state index in [0.29, 0.717) is 17.2 Å². The standard InChI is InChI=1S/C19H21Br2NO2/c1-18(2)7-13-8-19(3,9-18)10-22(13)17(23)15-5-11-4-12(20)6-14(21)16(11)24-15/h4-6,13H,7-10H2,1-3H3/t13-,19+/m0/s1. The van der Waals surface area contributed by atoms with Crippen molar-refractivity contribution in [1.82, 2.24) is 4.90 Å². The molecule has 2 bridgehead atoms. The van der Waals surface area contributed by atoms with Gasteiger partial charge in [-0.15, -0.1) is 0 Å². The molecule has 4 rings (SSSR count). The number of hydrogen-bond donors (Lipinski definition) is 0. The van der Waals surface area contributed by atoms with Crippen LogP contribution >= 0.6 is 31.9 Å². The topological polar surface area (TPSA) is 33.5 Å². The largest absolute Gasteiger partial charge is 0.450 e. The maximum Gasteiger partial charge on any atom is 0.289 e. The van der Waals surface area contributed by atoms with Crippen molar-refractivity contribution < 1.29 is 9.21 Å². The first-order valence-corrected chi connectivity index (χ1v) is 9.94. The van der Waals surface area contributed by atoms with Crippen molar-refractivity contribution in [3.8, 4) is 0 Å². The second kappa shape index (κ2) is 5.34. The van der Waals surface area contributed by atoms with Gasteiger partial charge < -0.3 is 9.32 Å². The average Bonchev–Trinajstić information content (AvgIpc) is 2.95. The summed E-state index contributed by atoms with van der Waals surface area (Å²) in [5.41, 5.74) is 1.27. The molecule has 2 atom stereocenters. The van der Waals surface area contributed by atoms with Crippen LogP contribution in [0, 0.1) is 10.8 Å². The van der Waals surface area contributed by atoms with Gasteiger partial charge in [-0.25, -0.2) is 0 Å². The Kier molecular flexibility index (Phi) is 3.70. The van der Waals surface area contributed by atoms with Gasteiger partial charge >= 0.3 is 0 Å². The second-order valence-electron chi connectivity index (χ2n) is 8.56. The van der Waals surface area contributed by atoms with Gasteiger partial charge in [0.25, 0.3) is 5.91 Å². The van der Waals surface area contributed by atoms with Gasteiger partial charge in [-0.05, 0) is 64.2 Å². The molecule has 0 unspecified atom stereocenters. The molecule has 0 radical (unpaired) electrons. The van der Waals surface area contributed by atoms with Crippen LogP contribution in [0.15, 0.2) is 31.6 Å². The summed E-state index contributed by atoms with van der Waals surface area (Å²) >= 11 is 7.00. The zero-order chi connectivity index (χ0) is 17.3. The lowest BCUT2D eigenvalue weighted by Gasteiger charge is -2.39. The summed E-state index contributed by atoms with van der Waals surface area (Å²) in [4.78, 5) is 15.2. The maximum absolute atomic E-state index is 13.1. The van der Waals surface area contributed by atoms with Gasteiger partial charge in [0.1, 0.15) is 5.58 Å². The molecule has 1 aromatic heterocycles. The Morgan fingerprint density at radius 1 is 1.21 bits per heavy atom. The van der Waals surface area contributed by atoms with Crippen molar-refractivity contribution >= 4 is 48.7 Å². The van der Waals surface area contributed by atoms with E-state index >= 15 is 0 Å². The molecule has 1 aliphatic carbocycles. The summed E-state index contributed by atoms with van der Waals surface area (Å²) in [5.74, 6) is 0.471. The number of hydrogen-bond acceptors (Lipinski definition) is 2. The summed E-state index contributed by atoms with van der Waals surface area (Å²) in [6.45, 7) is 7.80. The summed E-state index contributed by atoms with van der Waals surface area (Å²) in [7, 11) is 0. The van der Waals surface area contributed by atoms with E-state index in [9.17, 15) is 4.79 Å². The summed E-state index contributed by atoms with van der Waals surface area (Å²) < 4.78 is 7.73. The highest BCUT2D eigenvalue weighted by atomic mass is 79.9. The van der Waals surface area contributed by atoms with E-state index in [0.717, 1.165) is 39.3 Å². The van der Waals surface area contributed by atoms with Crippen molar-refractivity contribution in [3.63, 3.8) is 0 Å². The van der Waals surface area contributed by atoms with Crippen LogP contribution in [0.4, 0.5) is 0 Å². The van der Waals surface area contributed by atoms with Crippen molar-refractivity contribution in [2.45, 2.75) is 46.1 Å². The first-order chi connectivity index (χ1) is 11.2. The smallest absolute Gasteiger partial charge is 0.289 e. The first-order valence-electron chi connectivity index (χ1n) is 8.35. The molecule has 2 aromatic rings. The van der Waals surface area contributed by atoms with Crippen LogP contribution in [0.3, 0.4) is 0 Å². The van der Waals surface area contributed by atoms with Gasteiger partial charge in [0.15, 0.2) is 5.76 Å². The minimum atomic E-state index is 0.0284. The third-order valence-corrected chi connectivity index (χ3v) is 6.47. The van der Waals surface area contributed by atoms with E-state index < -0.39 is 0 Å². The van der Waals surface area contributed by atoms with E-state index in [1.807, 2.05) is 18.2 Å². The van der Waals surface area contributed by atoms with E-state index in [2.05, 4.69) is 57.5 Å². The van der Waals surface area contributed by atoms with Crippen LogP contribution in [-0.2, 0) is 0 Å². The zero-order valence-corrected chi connectivity index (χ0v) is 17.3. The Balaban J connectivity index is 1.69. The Hall–Kier alpha value is -0.810. The molecule has 2 heterocycles. The van der Waals surface area contributed by atoms with Crippen LogP contribution < -0.4 is 0 Å². The monoisotopic (exact) mass is 453 g/mol. The molecule has 1 saturated heterocycles. The molecular weight excluding hydrogens is 434 g/mol. The van der Waals surface area contributed by atoms with Crippen molar-refractivity contribution in [1.29, 1.82) is 0 Å². The molecule has 24 heavy (non-hydrogen) atoms. The normalized spacial score (nSPS) is 28.5. The Morgan fingerprint density at radius 2 is 1.96 bits per heavy atom. The molecule has 2 aliphatic rings. The van der Waals surface area contributed by atoms with Crippen LogP contribution in [0.25, 0.3) is 11.0 Å². The maximum atomic E-state index is 13.1. The fraction of sp³-hybridized carbons (Fsp3) is 0.526. The molecule has 5 heteroatoms. The molecule has 2 fully saturated rings. The molecular formula is C19H21Br2NO2. The minimum Gasteiger partial charge on any atom is -0.450 e. The molecule has 3 nitrogen and oxygen atoms in total. The highest BCUT2D eigenvalue weighted by Gasteiger charge is 2.51. The number of amides is 1. The third-order valence-electron chi connectivity index (χ3n) is 5.42. The number of nitrogens with zero attached hydrogens (tertiary/aromatic N) is 1. The number of furan rings is 1. The molecule has 0 N–H and O–H groups in total. The lowest BCUT2D eigenvalue weighted by atomic mass is 9.65. The summed E-state index contributed by atoms with van der Waals surface area (Å²) in [6, 6.07) is 6.11. The summed E-state index contributed by atoms with van der Waals surface area (Å²) in [5, 5.41) is 0.938. The van der Waals surface area contributed by atoms with E-state index in [4.69, 9.17) is 4.42 Å². The molecule has 0 spiro atoms. The van der Waals surface area contributed by atoms with E-state index in [1.165, 1.54) is 6.42 Å². The Morgan fingerprint density at radius 3 is 2.71 bits per heavy atom. The fourth-order valence-electron chi connectivity index (χ4n) is 5.02. The number of likely N-dealkylation sites (tertiary alicyclic amines) is 1. The van der Waals surface area contributed by atoms with Gasteiger partial charge in [0, 0.05) is 22.4 Å². The van der Waals surface area contributed by atoms with Gasteiger partial charge in [-0.3, -0.25) is 4.79 Å². The predicted molar refractivity (Wildman–Crippen MR) is 102 cm³/mol. The molecule has 128 valence electrons. The second-order valence-corrected chi connectivity index (χ2v) is 10.3.